The lowest BCUT2D eigenvalue weighted by atomic mass is 10.1. The van der Waals surface area contributed by atoms with Crippen LogP contribution in [0.3, 0.4) is 0 Å². The van der Waals surface area contributed by atoms with Crippen molar-refractivity contribution in [1.29, 1.82) is 0 Å². The van der Waals surface area contributed by atoms with Gasteiger partial charge in [-0.1, -0.05) is 54.1 Å². The highest BCUT2D eigenvalue weighted by atomic mass is 35.5. The molecule has 0 spiro atoms. The zero-order valence-corrected chi connectivity index (χ0v) is 17.4. The van der Waals surface area contributed by atoms with Gasteiger partial charge in [-0.25, -0.2) is 0 Å². The van der Waals surface area contributed by atoms with Crippen molar-refractivity contribution in [2.24, 2.45) is 0 Å². The van der Waals surface area contributed by atoms with Crippen LogP contribution in [0.4, 0.5) is 5.69 Å². The van der Waals surface area contributed by atoms with E-state index in [0.717, 1.165) is 39.0 Å². The second-order valence-electron chi connectivity index (χ2n) is 7.23. The van der Waals surface area contributed by atoms with Crippen LogP contribution in [-0.2, 0) is 4.79 Å². The molecule has 0 bridgehead atoms. The Kier molecular flexibility index (Phi) is 5.12. The van der Waals surface area contributed by atoms with Gasteiger partial charge in [0.25, 0.3) is 0 Å². The third-order valence-electron chi connectivity index (χ3n) is 5.32. The summed E-state index contributed by atoms with van der Waals surface area (Å²) in [6.07, 6.45) is 0. The fourth-order valence-electron chi connectivity index (χ4n) is 3.45. The molecule has 0 saturated heterocycles. The lowest BCUT2D eigenvalue weighted by Gasteiger charge is -2.16. The van der Waals surface area contributed by atoms with E-state index in [1.54, 1.807) is 4.68 Å². The van der Waals surface area contributed by atoms with Crippen LogP contribution >= 0.6 is 11.6 Å². The summed E-state index contributed by atoms with van der Waals surface area (Å²) in [5.74, 6) is -0.113. The maximum absolute atomic E-state index is 13.0. The van der Waals surface area contributed by atoms with Gasteiger partial charge in [-0.2, -0.15) is 5.10 Å². The number of hydrogen-bond donors (Lipinski definition) is 1. The quantitative estimate of drug-likeness (QED) is 0.442. The first-order valence-electron chi connectivity index (χ1n) is 9.56. The topological polar surface area (TPSA) is 46.9 Å². The predicted octanol–water partition coefficient (Wildman–Crippen LogP) is 6.17. The van der Waals surface area contributed by atoms with Crippen molar-refractivity contribution in [1.82, 2.24) is 9.78 Å². The molecule has 4 nitrogen and oxygen atoms in total. The van der Waals surface area contributed by atoms with Crippen LogP contribution in [0.25, 0.3) is 22.2 Å². The highest BCUT2D eigenvalue weighted by molar-refractivity contribution is 6.31. The molecule has 146 valence electrons. The number of carbonyl (C=O) groups is 1. The first-order valence-corrected chi connectivity index (χ1v) is 9.94. The highest BCUT2D eigenvalue weighted by Gasteiger charge is 2.22. The van der Waals surface area contributed by atoms with E-state index in [4.69, 9.17) is 16.7 Å². The summed E-state index contributed by atoms with van der Waals surface area (Å²) < 4.78 is 1.77. The number of benzene rings is 3. The number of anilines is 1. The second-order valence-corrected chi connectivity index (χ2v) is 7.67. The Bertz CT molecular complexity index is 1200. The molecule has 5 heteroatoms. The van der Waals surface area contributed by atoms with Gasteiger partial charge >= 0.3 is 0 Å². The molecule has 1 N–H and O–H groups in total. The summed E-state index contributed by atoms with van der Waals surface area (Å²) in [5, 5.41) is 9.42. The van der Waals surface area contributed by atoms with Crippen LogP contribution in [-0.4, -0.2) is 15.7 Å². The summed E-state index contributed by atoms with van der Waals surface area (Å²) in [6, 6.07) is 21.0. The van der Waals surface area contributed by atoms with E-state index >= 15 is 0 Å². The number of rotatable bonds is 4. The van der Waals surface area contributed by atoms with Crippen molar-refractivity contribution >= 4 is 34.1 Å². The molecule has 1 amide bonds. The number of halogens is 1. The minimum Gasteiger partial charge on any atom is -0.324 e. The number of aryl methyl sites for hydroxylation is 1. The van der Waals surface area contributed by atoms with E-state index in [1.807, 2.05) is 87.5 Å². The Morgan fingerprint density at radius 2 is 1.79 bits per heavy atom. The molecule has 0 fully saturated rings. The summed E-state index contributed by atoms with van der Waals surface area (Å²) in [6.45, 7) is 5.90. The van der Waals surface area contributed by atoms with Gasteiger partial charge in [-0.05, 0) is 56.2 Å². The van der Waals surface area contributed by atoms with Gasteiger partial charge in [-0.3, -0.25) is 9.48 Å². The molecule has 1 heterocycles. The number of hydrogen-bond acceptors (Lipinski definition) is 2. The van der Waals surface area contributed by atoms with E-state index in [0.29, 0.717) is 5.02 Å². The largest absolute Gasteiger partial charge is 0.324 e. The number of amides is 1. The van der Waals surface area contributed by atoms with Crippen molar-refractivity contribution in [2.45, 2.75) is 26.8 Å². The second kappa shape index (κ2) is 7.72. The molecule has 29 heavy (non-hydrogen) atoms. The molecule has 4 aromatic rings. The summed E-state index contributed by atoms with van der Waals surface area (Å²) >= 11 is 6.25. The van der Waals surface area contributed by atoms with Crippen molar-refractivity contribution < 1.29 is 4.79 Å². The number of nitrogens with zero attached hydrogens (tertiary/aromatic N) is 2. The number of aromatic nitrogens is 2. The van der Waals surface area contributed by atoms with Gasteiger partial charge < -0.3 is 5.32 Å². The van der Waals surface area contributed by atoms with Crippen molar-refractivity contribution in [3.05, 3.63) is 82.9 Å². The third-order valence-corrected chi connectivity index (χ3v) is 5.56. The standard InChI is InChI=1S/C24H22ClN3O/c1-15-8-7-11-21(16(15)2)26-24(29)17(3)28-22-13-12-19(25)14-20(22)23(27-28)18-9-5-4-6-10-18/h4-14,17H,1-3H3,(H,26,29). The van der Waals surface area contributed by atoms with Crippen molar-refractivity contribution in [3.8, 4) is 11.3 Å². The van der Waals surface area contributed by atoms with E-state index in [1.165, 1.54) is 0 Å². The molecule has 1 unspecified atom stereocenters. The Morgan fingerprint density at radius 3 is 2.55 bits per heavy atom. The van der Waals surface area contributed by atoms with Crippen LogP contribution in [0.2, 0.25) is 5.02 Å². The number of carbonyl (C=O) groups excluding carboxylic acids is 1. The normalized spacial score (nSPS) is 12.1. The van der Waals surface area contributed by atoms with Crippen molar-refractivity contribution in [2.75, 3.05) is 5.32 Å². The zero-order chi connectivity index (χ0) is 20.5. The average molecular weight is 404 g/mol. The van der Waals surface area contributed by atoms with Gasteiger partial charge in [0, 0.05) is 21.7 Å². The monoisotopic (exact) mass is 403 g/mol. The van der Waals surface area contributed by atoms with Crippen LogP contribution in [0, 0.1) is 13.8 Å². The first kappa shape index (κ1) is 19.2. The molecule has 4 rings (SSSR count). The Hall–Kier alpha value is -3.11. The van der Waals surface area contributed by atoms with E-state index in [-0.39, 0.29) is 5.91 Å². The molecule has 0 saturated carbocycles. The van der Waals surface area contributed by atoms with E-state index in [2.05, 4.69) is 5.32 Å². The minimum atomic E-state index is -0.490. The fourth-order valence-corrected chi connectivity index (χ4v) is 3.62. The van der Waals surface area contributed by atoms with Gasteiger partial charge in [0.05, 0.1) is 5.52 Å². The average Bonchev–Trinajstić information content (AvgIpc) is 3.10. The maximum Gasteiger partial charge on any atom is 0.248 e. The molecular formula is C24H22ClN3O. The van der Waals surface area contributed by atoms with Crippen LogP contribution in [0.1, 0.15) is 24.1 Å². The van der Waals surface area contributed by atoms with Crippen LogP contribution < -0.4 is 5.32 Å². The molecule has 0 aliphatic heterocycles. The Labute approximate surface area is 175 Å². The molecule has 0 aliphatic rings. The summed E-state index contributed by atoms with van der Waals surface area (Å²) in [5.41, 5.74) is 5.70. The summed E-state index contributed by atoms with van der Waals surface area (Å²) in [7, 11) is 0. The predicted molar refractivity (Wildman–Crippen MR) is 119 cm³/mol. The maximum atomic E-state index is 13.0. The highest BCUT2D eigenvalue weighted by Crippen LogP contribution is 2.32. The van der Waals surface area contributed by atoms with Crippen LogP contribution in [0.15, 0.2) is 66.7 Å². The van der Waals surface area contributed by atoms with Gasteiger partial charge in [0.2, 0.25) is 5.91 Å². The smallest absolute Gasteiger partial charge is 0.248 e. The molecule has 3 aromatic carbocycles. The van der Waals surface area contributed by atoms with E-state index < -0.39 is 6.04 Å². The Balaban J connectivity index is 1.75. The third kappa shape index (κ3) is 3.64. The lowest BCUT2D eigenvalue weighted by molar-refractivity contribution is -0.118. The van der Waals surface area contributed by atoms with Gasteiger partial charge in [0.1, 0.15) is 11.7 Å². The minimum absolute atomic E-state index is 0.113. The molecule has 1 atom stereocenters. The number of fused-ring (bicyclic) bond motifs is 1. The fraction of sp³-hybridized carbons (Fsp3) is 0.167. The molecule has 0 aliphatic carbocycles. The lowest BCUT2D eigenvalue weighted by Crippen LogP contribution is -2.25. The van der Waals surface area contributed by atoms with Gasteiger partial charge in [0.15, 0.2) is 0 Å². The zero-order valence-electron chi connectivity index (χ0n) is 16.6. The van der Waals surface area contributed by atoms with Gasteiger partial charge in [-0.15, -0.1) is 0 Å². The molecule has 0 radical (unpaired) electrons. The molecule has 1 aromatic heterocycles. The SMILES string of the molecule is Cc1cccc(NC(=O)C(C)n2nc(-c3ccccc3)c3cc(Cl)ccc32)c1C. The van der Waals surface area contributed by atoms with E-state index in [9.17, 15) is 4.79 Å². The summed E-state index contributed by atoms with van der Waals surface area (Å²) in [4.78, 5) is 13.0. The number of nitrogens with one attached hydrogen (secondary N) is 1. The first-order chi connectivity index (χ1) is 14.0. The van der Waals surface area contributed by atoms with Crippen molar-refractivity contribution in [3.63, 3.8) is 0 Å². The molecular weight excluding hydrogens is 382 g/mol. The Morgan fingerprint density at radius 1 is 1.03 bits per heavy atom. The van der Waals surface area contributed by atoms with Crippen LogP contribution in [0.5, 0.6) is 0 Å².